The molecule has 1 unspecified atom stereocenters. The maximum atomic E-state index is 5.54. The Labute approximate surface area is 95.6 Å². The van der Waals surface area contributed by atoms with Gasteiger partial charge in [-0.3, -0.25) is 0 Å². The van der Waals surface area contributed by atoms with E-state index in [1.807, 2.05) is 6.92 Å². The molecule has 2 N–H and O–H groups in total. The molecule has 4 nitrogen and oxygen atoms in total. The Balaban J connectivity index is 2.27. The first-order valence-electron chi connectivity index (χ1n) is 4.62. The number of hydrogen-bond donors (Lipinski definition) is 1. The van der Waals surface area contributed by atoms with Gasteiger partial charge in [0.05, 0.1) is 5.69 Å². The lowest BCUT2D eigenvalue weighted by molar-refractivity contribution is 0.504. The molecule has 2 heterocycles. The SMILES string of the molecule is CC(CN)c1coc(-c2ccc(Br)o2)n1. The topological polar surface area (TPSA) is 65.2 Å². The highest BCUT2D eigenvalue weighted by Gasteiger charge is 2.13. The first kappa shape index (κ1) is 10.4. The van der Waals surface area contributed by atoms with E-state index in [9.17, 15) is 0 Å². The van der Waals surface area contributed by atoms with E-state index < -0.39 is 0 Å². The lowest BCUT2D eigenvalue weighted by Crippen LogP contribution is -2.08. The van der Waals surface area contributed by atoms with Crippen LogP contribution >= 0.6 is 15.9 Å². The van der Waals surface area contributed by atoms with Crippen molar-refractivity contribution in [3.63, 3.8) is 0 Å². The Morgan fingerprint density at radius 3 is 2.93 bits per heavy atom. The van der Waals surface area contributed by atoms with Crippen molar-refractivity contribution in [2.24, 2.45) is 5.73 Å². The molecule has 2 rings (SSSR count). The van der Waals surface area contributed by atoms with E-state index in [1.54, 1.807) is 18.4 Å². The molecule has 0 radical (unpaired) electrons. The van der Waals surface area contributed by atoms with Gasteiger partial charge in [-0.2, -0.15) is 0 Å². The van der Waals surface area contributed by atoms with E-state index in [2.05, 4.69) is 20.9 Å². The van der Waals surface area contributed by atoms with Crippen molar-refractivity contribution >= 4 is 15.9 Å². The van der Waals surface area contributed by atoms with Crippen molar-refractivity contribution in [2.75, 3.05) is 6.54 Å². The van der Waals surface area contributed by atoms with E-state index in [-0.39, 0.29) is 5.92 Å². The molecule has 0 aliphatic carbocycles. The summed E-state index contributed by atoms with van der Waals surface area (Å²) in [5.74, 6) is 1.29. The maximum Gasteiger partial charge on any atom is 0.263 e. The smallest absolute Gasteiger partial charge is 0.263 e. The molecule has 0 spiro atoms. The fourth-order valence-electron chi connectivity index (χ4n) is 1.18. The van der Waals surface area contributed by atoms with Crippen LogP contribution in [-0.4, -0.2) is 11.5 Å². The van der Waals surface area contributed by atoms with Gasteiger partial charge in [0.1, 0.15) is 6.26 Å². The molecule has 0 saturated carbocycles. The monoisotopic (exact) mass is 270 g/mol. The lowest BCUT2D eigenvalue weighted by Gasteiger charge is -2.00. The zero-order valence-corrected chi connectivity index (χ0v) is 9.82. The Kier molecular flexibility index (Phi) is 2.93. The normalized spacial score (nSPS) is 13.0. The largest absolute Gasteiger partial charge is 0.444 e. The summed E-state index contributed by atoms with van der Waals surface area (Å²) in [6.45, 7) is 2.55. The zero-order valence-electron chi connectivity index (χ0n) is 8.24. The van der Waals surface area contributed by atoms with Crippen molar-refractivity contribution in [1.82, 2.24) is 4.98 Å². The van der Waals surface area contributed by atoms with Gasteiger partial charge < -0.3 is 14.6 Å². The van der Waals surface area contributed by atoms with Crippen LogP contribution in [0.1, 0.15) is 18.5 Å². The Morgan fingerprint density at radius 2 is 2.33 bits per heavy atom. The first-order valence-corrected chi connectivity index (χ1v) is 5.41. The Bertz CT molecular complexity index is 450. The minimum absolute atomic E-state index is 0.195. The van der Waals surface area contributed by atoms with Gasteiger partial charge in [-0.15, -0.1) is 0 Å². The van der Waals surface area contributed by atoms with Crippen molar-refractivity contribution in [3.05, 3.63) is 28.8 Å². The number of nitrogens with zero attached hydrogens (tertiary/aromatic N) is 1. The number of rotatable bonds is 3. The third-order valence-electron chi connectivity index (χ3n) is 2.16. The number of furan rings is 1. The standard InChI is InChI=1S/C10H11BrN2O2/c1-6(4-12)7-5-14-10(13-7)8-2-3-9(11)15-8/h2-3,5-6H,4,12H2,1H3. The maximum absolute atomic E-state index is 5.54. The summed E-state index contributed by atoms with van der Waals surface area (Å²) < 4.78 is 11.3. The van der Waals surface area contributed by atoms with Gasteiger partial charge >= 0.3 is 0 Å². The molecule has 0 aliphatic rings. The molecule has 80 valence electrons. The third-order valence-corrected chi connectivity index (χ3v) is 2.59. The predicted octanol–water partition coefficient (Wildman–Crippen LogP) is 2.76. The second-order valence-electron chi connectivity index (χ2n) is 3.32. The summed E-state index contributed by atoms with van der Waals surface area (Å²) in [7, 11) is 0. The molecule has 0 fully saturated rings. The van der Waals surface area contributed by atoms with E-state index in [4.69, 9.17) is 14.6 Å². The van der Waals surface area contributed by atoms with Crippen molar-refractivity contribution < 1.29 is 8.83 Å². The van der Waals surface area contributed by atoms with Crippen molar-refractivity contribution in [2.45, 2.75) is 12.8 Å². The quantitative estimate of drug-likeness (QED) is 0.932. The fraction of sp³-hybridized carbons (Fsp3) is 0.300. The minimum atomic E-state index is 0.195. The second-order valence-corrected chi connectivity index (χ2v) is 4.10. The number of halogens is 1. The van der Waals surface area contributed by atoms with Gasteiger partial charge in [-0.25, -0.2) is 4.98 Å². The average Bonchev–Trinajstić information content (AvgIpc) is 2.84. The number of oxazole rings is 1. The molecule has 0 saturated heterocycles. The lowest BCUT2D eigenvalue weighted by atomic mass is 10.1. The van der Waals surface area contributed by atoms with Gasteiger partial charge in [-0.1, -0.05) is 6.92 Å². The van der Waals surface area contributed by atoms with Gasteiger partial charge in [-0.05, 0) is 28.1 Å². The molecule has 1 atom stereocenters. The van der Waals surface area contributed by atoms with Gasteiger partial charge in [0.15, 0.2) is 10.4 Å². The summed E-state index contributed by atoms with van der Waals surface area (Å²) in [6.07, 6.45) is 1.61. The molecule has 0 aromatic carbocycles. The molecule has 0 bridgehead atoms. The van der Waals surface area contributed by atoms with Crippen LogP contribution in [0.4, 0.5) is 0 Å². The number of hydrogen-bond acceptors (Lipinski definition) is 4. The van der Waals surface area contributed by atoms with Gasteiger partial charge in [0.25, 0.3) is 5.89 Å². The molecule has 0 amide bonds. The van der Waals surface area contributed by atoms with E-state index >= 15 is 0 Å². The molecule has 0 aliphatic heterocycles. The van der Waals surface area contributed by atoms with E-state index in [1.165, 1.54) is 0 Å². The molecular formula is C10H11BrN2O2. The highest BCUT2D eigenvalue weighted by atomic mass is 79.9. The van der Waals surface area contributed by atoms with Crippen LogP contribution in [0.25, 0.3) is 11.7 Å². The summed E-state index contributed by atoms with van der Waals surface area (Å²) in [5, 5.41) is 0. The van der Waals surface area contributed by atoms with E-state index in [0.29, 0.717) is 22.9 Å². The molecule has 2 aromatic heterocycles. The van der Waals surface area contributed by atoms with Gasteiger partial charge in [0.2, 0.25) is 0 Å². The Hall–Kier alpha value is -1.07. The molecular weight excluding hydrogens is 260 g/mol. The van der Waals surface area contributed by atoms with Crippen LogP contribution in [0.3, 0.4) is 0 Å². The van der Waals surface area contributed by atoms with Crippen molar-refractivity contribution in [3.8, 4) is 11.7 Å². The van der Waals surface area contributed by atoms with Crippen LogP contribution in [0.15, 0.2) is 31.9 Å². The van der Waals surface area contributed by atoms with Crippen LogP contribution in [0, 0.1) is 0 Å². The predicted molar refractivity (Wildman–Crippen MR) is 59.4 cm³/mol. The van der Waals surface area contributed by atoms with Crippen molar-refractivity contribution in [1.29, 1.82) is 0 Å². The summed E-state index contributed by atoms with van der Waals surface area (Å²) in [4.78, 5) is 4.30. The summed E-state index contributed by atoms with van der Waals surface area (Å²) in [5.41, 5.74) is 6.39. The third kappa shape index (κ3) is 2.13. The Morgan fingerprint density at radius 1 is 1.53 bits per heavy atom. The summed E-state index contributed by atoms with van der Waals surface area (Å²) in [6, 6.07) is 3.60. The van der Waals surface area contributed by atoms with Crippen LogP contribution in [0.5, 0.6) is 0 Å². The molecule has 2 aromatic rings. The molecule has 15 heavy (non-hydrogen) atoms. The zero-order chi connectivity index (χ0) is 10.8. The first-order chi connectivity index (χ1) is 7.20. The highest BCUT2D eigenvalue weighted by molar-refractivity contribution is 9.10. The fourth-order valence-corrected chi connectivity index (χ4v) is 1.48. The highest BCUT2D eigenvalue weighted by Crippen LogP contribution is 2.25. The second kappa shape index (κ2) is 4.20. The minimum Gasteiger partial charge on any atom is -0.444 e. The molecule has 5 heteroatoms. The van der Waals surface area contributed by atoms with Crippen LogP contribution in [0.2, 0.25) is 0 Å². The van der Waals surface area contributed by atoms with Gasteiger partial charge in [0, 0.05) is 12.5 Å². The van der Waals surface area contributed by atoms with Crippen LogP contribution < -0.4 is 5.73 Å². The number of nitrogens with two attached hydrogens (primary N) is 1. The van der Waals surface area contributed by atoms with E-state index in [0.717, 1.165) is 5.69 Å². The van der Waals surface area contributed by atoms with Crippen LogP contribution in [-0.2, 0) is 0 Å². The average molecular weight is 271 g/mol. The summed E-state index contributed by atoms with van der Waals surface area (Å²) >= 11 is 3.22. The number of aromatic nitrogens is 1.